The highest BCUT2D eigenvalue weighted by atomic mass is 16.5. The standard InChI is InChI=1S/C71H63N7O/c1-43-18-13-25-54-55-26-14-19-44(2)66(55)77(65(43)54)61-36-48(71(8,9)10)37-62(78-67-45(3)20-15-27-56(67)57-28-16-21-46(4)68(57)78)69(61)75-42-74(63-41-72-34-33-59(63)75)49-22-17-23-50(39-49)79-51-30-31-53-52-24-11-12-29-58(52)76(60(53)40-51)64-38-47(32-35-73-64)70(5,6)7/h11-41H,42H2,1-10H3. The molecule has 0 aliphatic carbocycles. The number of aryl methyl sites for hydroxylation is 4. The molecule has 388 valence electrons. The Labute approximate surface area is 461 Å². The third-order valence-electron chi connectivity index (χ3n) is 16.6. The highest BCUT2D eigenvalue weighted by molar-refractivity contribution is 6.14. The number of ether oxygens (including phenoxy) is 1. The maximum Gasteiger partial charge on any atom is 0.137 e. The number of anilines is 4. The van der Waals surface area contributed by atoms with E-state index in [0.29, 0.717) is 6.67 Å². The largest absolute Gasteiger partial charge is 0.457 e. The van der Waals surface area contributed by atoms with Crippen LogP contribution in [0, 0.1) is 27.7 Å². The first-order chi connectivity index (χ1) is 38.1. The first-order valence-electron chi connectivity index (χ1n) is 27.6. The Morgan fingerprint density at radius 1 is 0.405 bits per heavy atom. The van der Waals surface area contributed by atoms with E-state index < -0.39 is 0 Å². The molecule has 1 aliphatic rings. The van der Waals surface area contributed by atoms with E-state index in [1.54, 1.807) is 0 Å². The minimum Gasteiger partial charge on any atom is -0.457 e. The number of para-hydroxylation sites is 5. The Hall–Kier alpha value is -9.14. The molecule has 0 radical (unpaired) electrons. The second kappa shape index (κ2) is 17.7. The maximum absolute atomic E-state index is 6.94. The van der Waals surface area contributed by atoms with Crippen LogP contribution in [-0.2, 0) is 10.8 Å². The Kier molecular flexibility index (Phi) is 10.8. The maximum atomic E-state index is 6.94. The van der Waals surface area contributed by atoms with Crippen LogP contribution in [0.15, 0.2) is 188 Å². The Bertz CT molecular complexity index is 4390. The van der Waals surface area contributed by atoms with Crippen LogP contribution < -0.4 is 14.5 Å². The van der Waals surface area contributed by atoms with Crippen molar-refractivity contribution in [3.05, 3.63) is 222 Å². The average molecular weight is 1030 g/mol. The zero-order valence-corrected chi connectivity index (χ0v) is 46.6. The molecule has 0 atom stereocenters. The van der Waals surface area contributed by atoms with Crippen molar-refractivity contribution in [1.82, 2.24) is 23.7 Å². The van der Waals surface area contributed by atoms with Crippen LogP contribution in [0.25, 0.3) is 82.6 Å². The van der Waals surface area contributed by atoms with E-state index in [-0.39, 0.29) is 10.8 Å². The number of nitrogens with zero attached hydrogens (tertiary/aromatic N) is 7. The molecule has 0 fully saturated rings. The van der Waals surface area contributed by atoms with Gasteiger partial charge in [-0.1, -0.05) is 139 Å². The fourth-order valence-corrected chi connectivity index (χ4v) is 12.7. The Morgan fingerprint density at radius 2 is 0.937 bits per heavy atom. The van der Waals surface area contributed by atoms with Crippen molar-refractivity contribution in [3.8, 4) is 28.7 Å². The molecular weight excluding hydrogens is 967 g/mol. The molecule has 0 amide bonds. The van der Waals surface area contributed by atoms with Crippen molar-refractivity contribution in [2.45, 2.75) is 80.1 Å². The van der Waals surface area contributed by atoms with Crippen LogP contribution >= 0.6 is 0 Å². The van der Waals surface area contributed by atoms with Crippen molar-refractivity contribution >= 4 is 88.2 Å². The van der Waals surface area contributed by atoms with Gasteiger partial charge in [0.2, 0.25) is 0 Å². The topological polar surface area (TPSA) is 56.3 Å². The second-order valence-electron chi connectivity index (χ2n) is 23.8. The lowest BCUT2D eigenvalue weighted by Crippen LogP contribution is -2.27. The summed E-state index contributed by atoms with van der Waals surface area (Å²) >= 11 is 0. The van der Waals surface area contributed by atoms with Crippen molar-refractivity contribution < 1.29 is 4.74 Å². The van der Waals surface area contributed by atoms with Gasteiger partial charge in [0, 0.05) is 62.5 Å². The lowest BCUT2D eigenvalue weighted by Gasteiger charge is -2.31. The van der Waals surface area contributed by atoms with Crippen LogP contribution in [0.4, 0.5) is 22.7 Å². The predicted octanol–water partition coefficient (Wildman–Crippen LogP) is 18.6. The summed E-state index contributed by atoms with van der Waals surface area (Å²) < 4.78 is 14.4. The number of fused-ring (bicyclic) bond motifs is 10. The van der Waals surface area contributed by atoms with Crippen LogP contribution in [-0.4, -0.2) is 30.3 Å². The SMILES string of the molecule is Cc1cccc2c3cccc(C)c3n(-c3cc(C(C)(C)C)cc(-n4c5c(C)cccc5c5cccc(C)c54)c3N3CN(c4cccc(Oc5ccc6c7ccccc7n(-c7cc(C(C)(C)C)ccn7)c6c5)c4)c4cnccc43)c12. The van der Waals surface area contributed by atoms with E-state index in [1.807, 2.05) is 18.6 Å². The van der Waals surface area contributed by atoms with Crippen molar-refractivity contribution in [2.24, 2.45) is 0 Å². The molecule has 0 spiro atoms. The Morgan fingerprint density at radius 3 is 1.52 bits per heavy atom. The third kappa shape index (κ3) is 7.55. The molecule has 6 heterocycles. The van der Waals surface area contributed by atoms with Gasteiger partial charge < -0.3 is 23.7 Å². The summed E-state index contributed by atoms with van der Waals surface area (Å²) in [4.78, 5) is 14.7. The van der Waals surface area contributed by atoms with Crippen LogP contribution in [0.3, 0.4) is 0 Å². The molecule has 5 aromatic heterocycles. The van der Waals surface area contributed by atoms with Gasteiger partial charge in [0.25, 0.3) is 0 Å². The fraction of sp³-hybridized carbons (Fsp3) is 0.183. The van der Waals surface area contributed by atoms with Gasteiger partial charge in [0.05, 0.1) is 67.7 Å². The number of rotatable bonds is 7. The molecule has 14 rings (SSSR count). The van der Waals surface area contributed by atoms with Gasteiger partial charge in [-0.05, 0) is 133 Å². The lowest BCUT2D eigenvalue weighted by molar-refractivity contribution is 0.483. The van der Waals surface area contributed by atoms with Crippen LogP contribution in [0.1, 0.15) is 74.9 Å². The first kappa shape index (κ1) is 48.2. The fourth-order valence-electron chi connectivity index (χ4n) is 12.7. The molecule has 1 aliphatic heterocycles. The monoisotopic (exact) mass is 1030 g/mol. The molecule has 8 aromatic carbocycles. The summed E-state index contributed by atoms with van der Waals surface area (Å²) in [5.41, 5.74) is 20.6. The van der Waals surface area contributed by atoms with Gasteiger partial charge in [-0.2, -0.15) is 0 Å². The number of hydrogen-bond donors (Lipinski definition) is 0. The molecular formula is C71H63N7O. The minimum absolute atomic E-state index is 0.0324. The van der Waals surface area contributed by atoms with Gasteiger partial charge in [0.15, 0.2) is 0 Å². The number of pyridine rings is 2. The predicted molar refractivity (Wildman–Crippen MR) is 330 cm³/mol. The van der Waals surface area contributed by atoms with Gasteiger partial charge in [-0.15, -0.1) is 0 Å². The molecule has 13 aromatic rings. The smallest absolute Gasteiger partial charge is 0.137 e. The van der Waals surface area contributed by atoms with Gasteiger partial charge in [-0.3, -0.25) is 9.55 Å². The zero-order valence-electron chi connectivity index (χ0n) is 46.6. The molecule has 79 heavy (non-hydrogen) atoms. The quantitative estimate of drug-likeness (QED) is 0.159. The summed E-state index contributed by atoms with van der Waals surface area (Å²) in [5, 5.41) is 7.29. The number of benzene rings is 8. The molecule has 8 heteroatoms. The highest BCUT2D eigenvalue weighted by Gasteiger charge is 2.36. The van der Waals surface area contributed by atoms with Crippen LogP contribution in [0.2, 0.25) is 0 Å². The van der Waals surface area contributed by atoms with E-state index in [9.17, 15) is 0 Å². The third-order valence-corrected chi connectivity index (χ3v) is 16.6. The molecule has 8 nitrogen and oxygen atoms in total. The summed E-state index contributed by atoms with van der Waals surface area (Å²) in [5.74, 6) is 2.36. The number of aromatic nitrogens is 5. The molecule has 0 N–H and O–H groups in total. The van der Waals surface area contributed by atoms with E-state index in [1.165, 1.54) is 82.4 Å². The number of hydrogen-bond acceptors (Lipinski definition) is 5. The molecule has 0 saturated carbocycles. The highest BCUT2D eigenvalue weighted by Crippen LogP contribution is 2.52. The summed E-state index contributed by atoms with van der Waals surface area (Å²) in [6.07, 6.45) is 5.88. The summed E-state index contributed by atoms with van der Waals surface area (Å²) in [6, 6.07) is 62.0. The van der Waals surface area contributed by atoms with E-state index in [4.69, 9.17) is 14.7 Å². The second-order valence-corrected chi connectivity index (χ2v) is 23.8. The molecule has 0 bridgehead atoms. The van der Waals surface area contributed by atoms with Crippen LogP contribution in [0.5, 0.6) is 11.5 Å². The van der Waals surface area contributed by atoms with Gasteiger partial charge in [0.1, 0.15) is 24.0 Å². The summed E-state index contributed by atoms with van der Waals surface area (Å²) in [6.45, 7) is 23.3. The van der Waals surface area contributed by atoms with Gasteiger partial charge in [-0.25, -0.2) is 4.98 Å². The average Bonchev–Trinajstić information content (AvgIpc) is 4.10. The molecule has 0 unspecified atom stereocenters. The first-order valence-corrected chi connectivity index (χ1v) is 27.6. The lowest BCUT2D eigenvalue weighted by atomic mass is 9.85. The van der Waals surface area contributed by atoms with E-state index in [2.05, 4.69) is 263 Å². The van der Waals surface area contributed by atoms with E-state index in [0.717, 1.165) is 67.9 Å². The van der Waals surface area contributed by atoms with Crippen molar-refractivity contribution in [2.75, 3.05) is 16.5 Å². The molecule has 0 saturated heterocycles. The zero-order chi connectivity index (χ0) is 54.2. The van der Waals surface area contributed by atoms with Crippen molar-refractivity contribution in [3.63, 3.8) is 0 Å². The minimum atomic E-state index is -0.206. The van der Waals surface area contributed by atoms with E-state index >= 15 is 0 Å². The van der Waals surface area contributed by atoms with Crippen molar-refractivity contribution in [1.29, 1.82) is 0 Å². The van der Waals surface area contributed by atoms with Gasteiger partial charge >= 0.3 is 0 Å². The summed E-state index contributed by atoms with van der Waals surface area (Å²) in [7, 11) is 0. The Balaban J connectivity index is 0.971. The normalized spacial score (nSPS) is 13.1.